The Bertz CT molecular complexity index is 590. The average molecular weight is 291 g/mol. The molecule has 3 rings (SSSR count). The zero-order valence-corrected chi connectivity index (χ0v) is 12.9. The number of nitrogens with one attached hydrogen (secondary N) is 1. The van der Waals surface area contributed by atoms with Crippen LogP contribution in [-0.4, -0.2) is 40.8 Å². The summed E-state index contributed by atoms with van der Waals surface area (Å²) in [6, 6.07) is 6.68. The van der Waals surface area contributed by atoms with Gasteiger partial charge in [-0.1, -0.05) is 0 Å². The second kappa shape index (κ2) is 6.06. The molecule has 0 radical (unpaired) electrons. The van der Waals surface area contributed by atoms with Gasteiger partial charge in [0.15, 0.2) is 0 Å². The highest BCUT2D eigenvalue weighted by Crippen LogP contribution is 2.23. The predicted octanol–water partition coefficient (Wildman–Crippen LogP) is 2.31. The van der Waals surface area contributed by atoms with Crippen LogP contribution in [0, 0.1) is 0 Å². The number of thioether (sulfide) groups is 1. The van der Waals surface area contributed by atoms with E-state index < -0.39 is 0 Å². The molecule has 0 bridgehead atoms. The van der Waals surface area contributed by atoms with Crippen LogP contribution in [0.15, 0.2) is 18.2 Å². The molecule has 108 valence electrons. The molecule has 1 atom stereocenters. The first-order valence-electron chi connectivity index (χ1n) is 7.16. The first kappa shape index (κ1) is 13.8. The minimum absolute atomic E-state index is 0.540. The lowest BCUT2D eigenvalue weighted by Gasteiger charge is -2.23. The Hall–Kier alpha value is -1.20. The van der Waals surface area contributed by atoms with Crippen molar-refractivity contribution < 1.29 is 4.74 Å². The number of fused-ring (bicyclic) bond motifs is 1. The largest absolute Gasteiger partial charge is 0.497 e. The number of imidazole rings is 1. The highest BCUT2D eigenvalue weighted by Gasteiger charge is 2.18. The molecule has 1 aromatic carbocycles. The van der Waals surface area contributed by atoms with Crippen LogP contribution >= 0.6 is 11.8 Å². The molecule has 4 nitrogen and oxygen atoms in total. The molecular weight excluding hydrogens is 270 g/mol. The van der Waals surface area contributed by atoms with Crippen LogP contribution in [-0.2, 0) is 13.0 Å². The molecule has 2 heterocycles. The third-order valence-electron chi connectivity index (χ3n) is 3.78. The summed E-state index contributed by atoms with van der Waals surface area (Å²) in [6.45, 7) is 4.24. The topological polar surface area (TPSA) is 39.1 Å². The highest BCUT2D eigenvalue weighted by atomic mass is 32.2. The van der Waals surface area contributed by atoms with Gasteiger partial charge in [-0.2, -0.15) is 11.8 Å². The summed E-state index contributed by atoms with van der Waals surface area (Å²) in [5, 5.41) is 3.59. The van der Waals surface area contributed by atoms with Gasteiger partial charge in [0.05, 0.1) is 18.1 Å². The van der Waals surface area contributed by atoms with Crippen LogP contribution in [0.3, 0.4) is 0 Å². The summed E-state index contributed by atoms with van der Waals surface area (Å²) in [5.41, 5.74) is 2.23. The van der Waals surface area contributed by atoms with Gasteiger partial charge in [-0.05, 0) is 19.1 Å². The molecule has 1 N–H and O–H groups in total. The van der Waals surface area contributed by atoms with Gasteiger partial charge in [0.2, 0.25) is 0 Å². The zero-order valence-electron chi connectivity index (χ0n) is 12.1. The van der Waals surface area contributed by atoms with E-state index in [9.17, 15) is 0 Å². The molecule has 0 saturated carbocycles. The molecule has 20 heavy (non-hydrogen) atoms. The lowest BCUT2D eigenvalue weighted by Crippen LogP contribution is -2.39. The molecule has 0 amide bonds. The van der Waals surface area contributed by atoms with Crippen LogP contribution < -0.4 is 10.1 Å². The van der Waals surface area contributed by atoms with Crippen LogP contribution in [0.5, 0.6) is 5.75 Å². The maximum Gasteiger partial charge on any atom is 0.121 e. The number of methoxy groups -OCH3 is 1. The molecule has 2 aromatic rings. The summed E-state index contributed by atoms with van der Waals surface area (Å²) in [6.07, 6.45) is 0.998. The number of hydrogen-bond donors (Lipinski definition) is 1. The molecule has 1 aliphatic heterocycles. The lowest BCUT2D eigenvalue weighted by molar-refractivity contribution is 0.415. The van der Waals surface area contributed by atoms with Gasteiger partial charge >= 0.3 is 0 Å². The Kier molecular flexibility index (Phi) is 4.17. The normalized spacial score (nSPS) is 19.4. The fourth-order valence-electron chi connectivity index (χ4n) is 2.77. The van der Waals surface area contributed by atoms with Crippen LogP contribution in [0.1, 0.15) is 12.7 Å². The van der Waals surface area contributed by atoms with Crippen molar-refractivity contribution in [1.82, 2.24) is 14.9 Å². The van der Waals surface area contributed by atoms with Gasteiger partial charge in [-0.3, -0.25) is 0 Å². The highest BCUT2D eigenvalue weighted by molar-refractivity contribution is 7.99. The summed E-state index contributed by atoms with van der Waals surface area (Å²) >= 11 is 2.03. The van der Waals surface area contributed by atoms with Crippen molar-refractivity contribution in [3.05, 3.63) is 24.0 Å². The van der Waals surface area contributed by atoms with Crippen molar-refractivity contribution in [2.24, 2.45) is 0 Å². The fraction of sp³-hybridized carbons (Fsp3) is 0.533. The average Bonchev–Trinajstić information content (AvgIpc) is 2.84. The number of nitrogens with zero attached hydrogens (tertiary/aromatic N) is 2. The van der Waals surface area contributed by atoms with Crippen LogP contribution in [0.25, 0.3) is 11.0 Å². The molecule has 1 fully saturated rings. The van der Waals surface area contributed by atoms with Gasteiger partial charge in [-0.25, -0.2) is 4.98 Å². The molecule has 5 heteroatoms. The van der Waals surface area contributed by atoms with Crippen molar-refractivity contribution in [2.75, 3.05) is 25.2 Å². The quantitative estimate of drug-likeness (QED) is 0.938. The second-order valence-electron chi connectivity index (χ2n) is 5.06. The number of aryl methyl sites for hydroxylation is 1. The Morgan fingerprint density at radius 3 is 3.10 bits per heavy atom. The number of aromatic nitrogens is 2. The summed E-state index contributed by atoms with van der Waals surface area (Å²) < 4.78 is 7.61. The van der Waals surface area contributed by atoms with Gasteiger partial charge in [0.25, 0.3) is 0 Å². The Balaban J connectivity index is 1.92. The molecule has 0 aliphatic carbocycles. The second-order valence-corrected chi connectivity index (χ2v) is 6.21. The predicted molar refractivity (Wildman–Crippen MR) is 84.8 cm³/mol. The van der Waals surface area contributed by atoms with E-state index in [4.69, 9.17) is 9.72 Å². The standard InChI is InChI=1S/C15H21N3OS/c1-3-18-14-5-4-12(19-2)9-13(14)17-15(18)8-11-10-20-7-6-16-11/h4-5,9,11,16H,3,6-8,10H2,1-2H3. The van der Waals surface area contributed by atoms with Crippen molar-refractivity contribution in [2.45, 2.75) is 25.9 Å². The van der Waals surface area contributed by atoms with Gasteiger partial charge in [0.1, 0.15) is 11.6 Å². The van der Waals surface area contributed by atoms with E-state index in [1.54, 1.807) is 7.11 Å². The summed E-state index contributed by atoms with van der Waals surface area (Å²) in [7, 11) is 1.70. The number of benzene rings is 1. The molecule has 1 aromatic heterocycles. The van der Waals surface area contributed by atoms with E-state index in [0.29, 0.717) is 6.04 Å². The fourth-order valence-corrected chi connectivity index (χ4v) is 3.72. The molecule has 1 aliphatic rings. The number of rotatable bonds is 4. The van der Waals surface area contributed by atoms with Crippen molar-refractivity contribution >= 4 is 22.8 Å². The first-order chi connectivity index (χ1) is 9.81. The first-order valence-corrected chi connectivity index (χ1v) is 8.31. The Morgan fingerprint density at radius 2 is 2.40 bits per heavy atom. The molecule has 1 unspecified atom stereocenters. The van der Waals surface area contributed by atoms with Gasteiger partial charge in [-0.15, -0.1) is 0 Å². The van der Waals surface area contributed by atoms with Gasteiger partial charge < -0.3 is 14.6 Å². The van der Waals surface area contributed by atoms with Crippen LogP contribution in [0.4, 0.5) is 0 Å². The lowest BCUT2D eigenvalue weighted by atomic mass is 10.2. The van der Waals surface area contributed by atoms with Crippen molar-refractivity contribution in [3.8, 4) is 5.75 Å². The minimum atomic E-state index is 0.540. The van der Waals surface area contributed by atoms with Gasteiger partial charge in [0, 0.05) is 43.1 Å². The molecule has 1 saturated heterocycles. The maximum absolute atomic E-state index is 5.29. The summed E-state index contributed by atoms with van der Waals surface area (Å²) in [5.74, 6) is 4.45. The smallest absolute Gasteiger partial charge is 0.121 e. The van der Waals surface area contributed by atoms with E-state index in [2.05, 4.69) is 22.9 Å². The van der Waals surface area contributed by atoms with Crippen LogP contribution in [0.2, 0.25) is 0 Å². The minimum Gasteiger partial charge on any atom is -0.497 e. The third kappa shape index (κ3) is 2.65. The Morgan fingerprint density at radius 1 is 1.50 bits per heavy atom. The zero-order chi connectivity index (χ0) is 13.9. The maximum atomic E-state index is 5.29. The monoisotopic (exact) mass is 291 g/mol. The number of ether oxygens (including phenoxy) is 1. The molecule has 0 spiro atoms. The van der Waals surface area contributed by atoms with Crippen molar-refractivity contribution in [3.63, 3.8) is 0 Å². The van der Waals surface area contributed by atoms with E-state index in [1.165, 1.54) is 22.8 Å². The SMILES string of the molecule is CCn1c(CC2CSCCN2)nc2cc(OC)ccc21. The number of hydrogen-bond acceptors (Lipinski definition) is 4. The summed E-state index contributed by atoms with van der Waals surface area (Å²) in [4.78, 5) is 4.82. The third-order valence-corrected chi connectivity index (χ3v) is 4.91. The Labute approximate surface area is 123 Å². The van der Waals surface area contributed by atoms with E-state index >= 15 is 0 Å². The van der Waals surface area contributed by atoms with E-state index in [-0.39, 0.29) is 0 Å². The molecular formula is C15H21N3OS. The van der Waals surface area contributed by atoms with Crippen molar-refractivity contribution in [1.29, 1.82) is 0 Å². The van der Waals surface area contributed by atoms with E-state index in [1.807, 2.05) is 23.9 Å². The van der Waals surface area contributed by atoms with E-state index in [0.717, 1.165) is 30.8 Å².